The third kappa shape index (κ3) is 5.00. The highest BCUT2D eigenvalue weighted by Crippen LogP contribution is 2.40. The van der Waals surface area contributed by atoms with Crippen LogP contribution in [-0.4, -0.2) is 22.0 Å². The number of rotatable bonds is 7. The lowest BCUT2D eigenvalue weighted by Gasteiger charge is -2.18. The summed E-state index contributed by atoms with van der Waals surface area (Å²) >= 11 is 0. The Balaban J connectivity index is 2.68. The fourth-order valence-corrected chi connectivity index (χ4v) is 3.18. The third-order valence-electron chi connectivity index (χ3n) is 2.47. The first kappa shape index (κ1) is 14.9. The lowest BCUT2D eigenvalue weighted by molar-refractivity contribution is -0.139. The molecule has 1 aromatic rings. The summed E-state index contributed by atoms with van der Waals surface area (Å²) in [5, 5.41) is 11.3. The van der Waals surface area contributed by atoms with Crippen molar-refractivity contribution in [1.29, 1.82) is 0 Å². The topological polar surface area (TPSA) is 86.6 Å². The molecule has 1 aromatic carbocycles. The van der Waals surface area contributed by atoms with E-state index in [9.17, 15) is 14.3 Å². The van der Waals surface area contributed by atoms with Gasteiger partial charge in [-0.15, -0.1) is 0 Å². The van der Waals surface area contributed by atoms with Crippen molar-refractivity contribution in [3.63, 3.8) is 0 Å². The largest absolute Gasteiger partial charge is 0.480 e. The summed E-state index contributed by atoms with van der Waals surface area (Å²) in [4.78, 5) is 20.7. The molecule has 2 unspecified atom stereocenters. The Kier molecular flexibility index (Phi) is 5.54. The van der Waals surface area contributed by atoms with Crippen molar-refractivity contribution in [2.24, 2.45) is 0 Å². The average Bonchev–Trinajstić information content (AvgIpc) is 2.28. The van der Waals surface area contributed by atoms with Crippen molar-refractivity contribution in [2.45, 2.75) is 32.0 Å². The average molecular weight is 271 g/mol. The van der Waals surface area contributed by atoms with Crippen LogP contribution in [0.4, 0.5) is 0 Å². The first-order valence-electron chi connectivity index (χ1n) is 5.81. The van der Waals surface area contributed by atoms with E-state index in [-0.39, 0.29) is 6.16 Å². The quantitative estimate of drug-likeness (QED) is 0.662. The Labute approximate surface area is 106 Å². The summed E-state index contributed by atoms with van der Waals surface area (Å²) in [7, 11) is -3.68. The van der Waals surface area contributed by atoms with Crippen LogP contribution in [0.25, 0.3) is 0 Å². The molecule has 0 fully saturated rings. The minimum Gasteiger partial charge on any atom is -0.480 e. The number of carboxylic acid groups (broad SMARTS) is 1. The van der Waals surface area contributed by atoms with E-state index in [4.69, 9.17) is 5.11 Å². The molecule has 18 heavy (non-hydrogen) atoms. The SMILES string of the molecule is CCCC(NP(=O)(O)Cc1ccccc1)C(=O)O. The molecule has 0 saturated heterocycles. The van der Waals surface area contributed by atoms with E-state index in [0.29, 0.717) is 18.4 Å². The fraction of sp³-hybridized carbons (Fsp3) is 0.417. The predicted molar refractivity (Wildman–Crippen MR) is 69.4 cm³/mol. The van der Waals surface area contributed by atoms with Gasteiger partial charge in [0.1, 0.15) is 6.04 Å². The van der Waals surface area contributed by atoms with Gasteiger partial charge < -0.3 is 10.00 Å². The van der Waals surface area contributed by atoms with E-state index in [1.54, 1.807) is 24.3 Å². The summed E-state index contributed by atoms with van der Waals surface area (Å²) in [5.41, 5.74) is 0.705. The zero-order chi connectivity index (χ0) is 13.6. The second-order valence-corrected chi connectivity index (χ2v) is 6.13. The highest BCUT2D eigenvalue weighted by molar-refractivity contribution is 7.55. The third-order valence-corrected chi connectivity index (χ3v) is 3.98. The van der Waals surface area contributed by atoms with Gasteiger partial charge in [-0.3, -0.25) is 9.36 Å². The molecule has 1 rings (SSSR count). The molecule has 0 aliphatic heterocycles. The monoisotopic (exact) mass is 271 g/mol. The Morgan fingerprint density at radius 3 is 2.50 bits per heavy atom. The molecular formula is C12H18NO4P. The van der Waals surface area contributed by atoms with E-state index >= 15 is 0 Å². The number of hydrogen-bond acceptors (Lipinski definition) is 2. The standard InChI is InChI=1S/C12H18NO4P/c1-2-6-11(12(14)15)13-18(16,17)9-10-7-4-3-5-8-10/h3-5,7-8,11H,2,6,9H2,1H3,(H,14,15)(H2,13,16,17). The second kappa shape index (κ2) is 6.69. The van der Waals surface area contributed by atoms with E-state index in [1.165, 1.54) is 0 Å². The first-order chi connectivity index (χ1) is 8.44. The van der Waals surface area contributed by atoms with E-state index < -0.39 is 19.5 Å². The minimum atomic E-state index is -3.68. The van der Waals surface area contributed by atoms with E-state index in [1.807, 2.05) is 13.0 Å². The van der Waals surface area contributed by atoms with Crippen LogP contribution < -0.4 is 5.09 Å². The Hall–Kier alpha value is -1.16. The van der Waals surface area contributed by atoms with Crippen LogP contribution in [0, 0.1) is 0 Å². The summed E-state index contributed by atoms with van der Waals surface area (Å²) in [5.74, 6) is -1.10. The van der Waals surface area contributed by atoms with Gasteiger partial charge >= 0.3 is 5.97 Å². The Morgan fingerprint density at radius 2 is 2.00 bits per heavy atom. The first-order valence-corrected chi connectivity index (χ1v) is 7.65. The number of carboxylic acids is 1. The highest BCUT2D eigenvalue weighted by Gasteiger charge is 2.27. The highest BCUT2D eigenvalue weighted by atomic mass is 31.2. The van der Waals surface area contributed by atoms with Gasteiger partial charge in [0.05, 0.1) is 6.16 Å². The molecule has 0 heterocycles. The maximum absolute atomic E-state index is 12.0. The Bertz CT molecular complexity index is 435. The van der Waals surface area contributed by atoms with Crippen LogP contribution in [0.3, 0.4) is 0 Å². The van der Waals surface area contributed by atoms with Crippen molar-refractivity contribution < 1.29 is 19.4 Å². The van der Waals surface area contributed by atoms with Crippen molar-refractivity contribution in [3.8, 4) is 0 Å². The molecule has 0 aromatic heterocycles. The number of hydrogen-bond donors (Lipinski definition) is 3. The molecule has 0 saturated carbocycles. The zero-order valence-corrected chi connectivity index (χ0v) is 11.1. The van der Waals surface area contributed by atoms with Crippen molar-refractivity contribution in [3.05, 3.63) is 35.9 Å². The molecule has 0 bridgehead atoms. The second-order valence-electron chi connectivity index (χ2n) is 4.15. The lowest BCUT2D eigenvalue weighted by atomic mass is 10.2. The fourth-order valence-electron chi connectivity index (χ4n) is 1.65. The molecule has 0 aliphatic carbocycles. The number of aliphatic carboxylic acids is 1. The van der Waals surface area contributed by atoms with Crippen molar-refractivity contribution in [1.82, 2.24) is 5.09 Å². The molecule has 2 atom stereocenters. The summed E-state index contributed by atoms with van der Waals surface area (Å²) < 4.78 is 12.0. The van der Waals surface area contributed by atoms with Gasteiger partial charge in [-0.1, -0.05) is 43.7 Å². The zero-order valence-electron chi connectivity index (χ0n) is 10.2. The maximum atomic E-state index is 12.0. The van der Waals surface area contributed by atoms with Crippen LogP contribution >= 0.6 is 7.52 Å². The normalized spacial score (nSPS) is 15.9. The van der Waals surface area contributed by atoms with Gasteiger partial charge in [-0.05, 0) is 12.0 Å². The molecular weight excluding hydrogens is 253 g/mol. The molecule has 0 radical (unpaired) electrons. The van der Waals surface area contributed by atoms with Gasteiger partial charge in [0.25, 0.3) is 7.52 Å². The van der Waals surface area contributed by atoms with E-state index in [2.05, 4.69) is 5.09 Å². The van der Waals surface area contributed by atoms with Crippen LogP contribution in [0.1, 0.15) is 25.3 Å². The maximum Gasteiger partial charge on any atom is 0.321 e. The number of nitrogens with one attached hydrogen (secondary N) is 1. The number of benzene rings is 1. The summed E-state index contributed by atoms with van der Waals surface area (Å²) in [6.45, 7) is 1.83. The summed E-state index contributed by atoms with van der Waals surface area (Å²) in [6.07, 6.45) is 0.894. The number of carbonyl (C=O) groups is 1. The van der Waals surface area contributed by atoms with Gasteiger partial charge in [0.2, 0.25) is 0 Å². The lowest BCUT2D eigenvalue weighted by Crippen LogP contribution is -2.34. The van der Waals surface area contributed by atoms with Crippen LogP contribution in [0.2, 0.25) is 0 Å². The van der Waals surface area contributed by atoms with Gasteiger partial charge in [0, 0.05) is 0 Å². The molecule has 0 aliphatic rings. The molecule has 100 valence electrons. The van der Waals surface area contributed by atoms with Crippen molar-refractivity contribution in [2.75, 3.05) is 0 Å². The minimum absolute atomic E-state index is 0.0681. The molecule has 3 N–H and O–H groups in total. The molecule has 0 amide bonds. The molecule has 5 nitrogen and oxygen atoms in total. The van der Waals surface area contributed by atoms with E-state index in [0.717, 1.165) is 0 Å². The predicted octanol–water partition coefficient (Wildman–Crippen LogP) is 2.21. The van der Waals surface area contributed by atoms with Gasteiger partial charge in [0.15, 0.2) is 0 Å². The Morgan fingerprint density at radius 1 is 1.39 bits per heavy atom. The van der Waals surface area contributed by atoms with Gasteiger partial charge in [-0.2, -0.15) is 0 Å². The van der Waals surface area contributed by atoms with Crippen molar-refractivity contribution >= 4 is 13.5 Å². The van der Waals surface area contributed by atoms with Crippen LogP contribution in [0.15, 0.2) is 30.3 Å². The van der Waals surface area contributed by atoms with Crippen LogP contribution in [0.5, 0.6) is 0 Å². The van der Waals surface area contributed by atoms with Crippen LogP contribution in [-0.2, 0) is 15.5 Å². The smallest absolute Gasteiger partial charge is 0.321 e. The summed E-state index contributed by atoms with van der Waals surface area (Å²) in [6, 6.07) is 7.86. The molecule has 0 spiro atoms. The van der Waals surface area contributed by atoms with Gasteiger partial charge in [-0.25, -0.2) is 5.09 Å². The molecule has 6 heteroatoms.